The lowest BCUT2D eigenvalue weighted by Crippen LogP contribution is -2.39. The first-order valence-corrected chi connectivity index (χ1v) is 5.49. The van der Waals surface area contributed by atoms with Gasteiger partial charge in [-0.1, -0.05) is 0 Å². The van der Waals surface area contributed by atoms with Crippen molar-refractivity contribution in [1.82, 2.24) is 5.32 Å². The van der Waals surface area contributed by atoms with Crippen molar-refractivity contribution in [1.29, 1.82) is 0 Å². The normalized spacial score (nSPS) is 27.2. The van der Waals surface area contributed by atoms with Crippen molar-refractivity contribution in [2.45, 2.75) is 18.9 Å². The van der Waals surface area contributed by atoms with Crippen LogP contribution in [0.4, 0.5) is 0 Å². The highest BCUT2D eigenvalue weighted by Crippen LogP contribution is 2.36. The monoisotopic (exact) mass is 197 g/mol. The van der Waals surface area contributed by atoms with E-state index in [1.165, 1.54) is 10.4 Å². The van der Waals surface area contributed by atoms with Gasteiger partial charge in [0.25, 0.3) is 0 Å². The van der Waals surface area contributed by atoms with Crippen molar-refractivity contribution in [2.75, 3.05) is 20.2 Å². The Kier molecular flexibility index (Phi) is 2.41. The van der Waals surface area contributed by atoms with Crippen LogP contribution < -0.4 is 5.32 Å². The van der Waals surface area contributed by atoms with Crippen molar-refractivity contribution in [3.8, 4) is 0 Å². The number of thiophene rings is 1. The van der Waals surface area contributed by atoms with Gasteiger partial charge in [0, 0.05) is 11.4 Å². The second kappa shape index (κ2) is 3.40. The molecular formula is C10H15NOS. The number of rotatable bonds is 2. The highest BCUT2D eigenvalue weighted by molar-refractivity contribution is 7.10. The molecule has 1 atom stereocenters. The standard InChI is InChI=1S/C10H15NOS/c1-10(7-11-2)9-8(3-5-12-10)4-6-13-9/h4,6,11H,3,5,7H2,1-2H3/t10-/m0/s1. The first-order valence-electron chi connectivity index (χ1n) is 4.62. The van der Waals surface area contributed by atoms with E-state index < -0.39 is 0 Å². The molecule has 2 nitrogen and oxygen atoms in total. The van der Waals surface area contributed by atoms with Crippen LogP contribution in [-0.4, -0.2) is 20.2 Å². The Labute approximate surface area is 82.9 Å². The molecule has 1 aliphatic heterocycles. The summed E-state index contributed by atoms with van der Waals surface area (Å²) in [7, 11) is 1.97. The lowest BCUT2D eigenvalue weighted by atomic mass is 9.96. The van der Waals surface area contributed by atoms with Crippen molar-refractivity contribution in [3.63, 3.8) is 0 Å². The summed E-state index contributed by atoms with van der Waals surface area (Å²) in [6, 6.07) is 2.22. The summed E-state index contributed by atoms with van der Waals surface area (Å²) in [5, 5.41) is 5.35. The Morgan fingerprint density at radius 2 is 2.54 bits per heavy atom. The van der Waals surface area contributed by atoms with Gasteiger partial charge in [0.05, 0.1) is 6.61 Å². The molecule has 0 radical (unpaired) electrons. The molecule has 13 heavy (non-hydrogen) atoms. The van der Waals surface area contributed by atoms with E-state index >= 15 is 0 Å². The largest absolute Gasteiger partial charge is 0.368 e. The van der Waals surface area contributed by atoms with Crippen LogP contribution in [0.1, 0.15) is 17.4 Å². The van der Waals surface area contributed by atoms with Gasteiger partial charge in [-0.25, -0.2) is 0 Å². The van der Waals surface area contributed by atoms with Gasteiger partial charge < -0.3 is 10.1 Å². The van der Waals surface area contributed by atoms with E-state index in [9.17, 15) is 0 Å². The Morgan fingerprint density at radius 1 is 1.69 bits per heavy atom. The first-order chi connectivity index (χ1) is 6.26. The number of fused-ring (bicyclic) bond motifs is 1. The zero-order chi connectivity index (χ0) is 9.31. The molecule has 3 heteroatoms. The molecule has 0 spiro atoms. The Bertz CT molecular complexity index is 297. The first kappa shape index (κ1) is 9.19. The van der Waals surface area contributed by atoms with Crippen LogP contribution >= 0.6 is 11.3 Å². The molecule has 0 amide bonds. The van der Waals surface area contributed by atoms with Crippen molar-refractivity contribution >= 4 is 11.3 Å². The average Bonchev–Trinajstić information content (AvgIpc) is 2.54. The molecule has 0 bridgehead atoms. The molecular weight excluding hydrogens is 182 g/mol. The summed E-state index contributed by atoms with van der Waals surface area (Å²) in [6.45, 7) is 3.90. The fraction of sp³-hybridized carbons (Fsp3) is 0.600. The minimum atomic E-state index is -0.101. The summed E-state index contributed by atoms with van der Waals surface area (Å²) >= 11 is 1.81. The van der Waals surface area contributed by atoms with Gasteiger partial charge in [-0.3, -0.25) is 0 Å². The van der Waals surface area contributed by atoms with Gasteiger partial charge in [0.1, 0.15) is 5.60 Å². The van der Waals surface area contributed by atoms with E-state index in [0.29, 0.717) is 0 Å². The summed E-state index contributed by atoms with van der Waals surface area (Å²) in [5.41, 5.74) is 1.37. The maximum atomic E-state index is 5.84. The van der Waals surface area contributed by atoms with Crippen LogP contribution in [0.3, 0.4) is 0 Å². The molecule has 1 aromatic rings. The Balaban J connectivity index is 2.33. The minimum absolute atomic E-state index is 0.101. The van der Waals surface area contributed by atoms with Crippen LogP contribution in [0.2, 0.25) is 0 Å². The van der Waals surface area contributed by atoms with E-state index in [2.05, 4.69) is 23.7 Å². The molecule has 0 saturated carbocycles. The van der Waals surface area contributed by atoms with E-state index in [-0.39, 0.29) is 5.60 Å². The summed E-state index contributed by atoms with van der Waals surface area (Å²) in [4.78, 5) is 1.40. The summed E-state index contributed by atoms with van der Waals surface area (Å²) in [5.74, 6) is 0. The van der Waals surface area contributed by atoms with E-state index in [1.807, 2.05) is 18.4 Å². The molecule has 1 N–H and O–H groups in total. The number of hydrogen-bond donors (Lipinski definition) is 1. The van der Waals surface area contributed by atoms with Gasteiger partial charge in [-0.15, -0.1) is 11.3 Å². The Hall–Kier alpha value is -0.380. The van der Waals surface area contributed by atoms with Gasteiger partial charge in [0.15, 0.2) is 0 Å². The van der Waals surface area contributed by atoms with E-state index in [0.717, 1.165) is 19.6 Å². The fourth-order valence-corrected chi connectivity index (χ4v) is 2.99. The number of nitrogens with one attached hydrogen (secondary N) is 1. The molecule has 1 aliphatic rings. The fourth-order valence-electron chi connectivity index (χ4n) is 1.92. The van der Waals surface area contributed by atoms with Crippen molar-refractivity contribution < 1.29 is 4.74 Å². The average molecular weight is 197 g/mol. The highest BCUT2D eigenvalue weighted by Gasteiger charge is 2.33. The third-order valence-electron chi connectivity index (χ3n) is 2.53. The molecule has 2 rings (SSSR count). The number of ether oxygens (including phenoxy) is 1. The predicted molar refractivity (Wildman–Crippen MR) is 55.3 cm³/mol. The topological polar surface area (TPSA) is 21.3 Å². The molecule has 0 unspecified atom stereocenters. The number of hydrogen-bond acceptors (Lipinski definition) is 3. The van der Waals surface area contributed by atoms with Crippen LogP contribution in [0, 0.1) is 0 Å². The predicted octanol–water partition coefficient (Wildman–Crippen LogP) is 1.76. The zero-order valence-corrected chi connectivity index (χ0v) is 8.91. The Morgan fingerprint density at radius 3 is 3.31 bits per heavy atom. The second-order valence-corrected chi connectivity index (χ2v) is 4.55. The zero-order valence-electron chi connectivity index (χ0n) is 8.09. The number of likely N-dealkylation sites (N-methyl/N-ethyl adjacent to an activating group) is 1. The minimum Gasteiger partial charge on any atom is -0.368 e. The highest BCUT2D eigenvalue weighted by atomic mass is 32.1. The van der Waals surface area contributed by atoms with Gasteiger partial charge in [-0.05, 0) is 37.4 Å². The second-order valence-electron chi connectivity index (χ2n) is 3.63. The summed E-state index contributed by atoms with van der Waals surface area (Å²) in [6.07, 6.45) is 1.07. The van der Waals surface area contributed by atoms with Gasteiger partial charge in [-0.2, -0.15) is 0 Å². The molecule has 0 aliphatic carbocycles. The van der Waals surface area contributed by atoms with Crippen LogP contribution in [0.15, 0.2) is 11.4 Å². The summed E-state index contributed by atoms with van der Waals surface area (Å²) < 4.78 is 5.84. The van der Waals surface area contributed by atoms with E-state index in [4.69, 9.17) is 4.74 Å². The van der Waals surface area contributed by atoms with Gasteiger partial charge >= 0.3 is 0 Å². The molecule has 72 valence electrons. The maximum Gasteiger partial charge on any atom is 0.112 e. The lowest BCUT2D eigenvalue weighted by Gasteiger charge is -2.33. The van der Waals surface area contributed by atoms with Crippen molar-refractivity contribution in [2.24, 2.45) is 0 Å². The molecule has 1 aromatic heterocycles. The van der Waals surface area contributed by atoms with Crippen LogP contribution in [0.5, 0.6) is 0 Å². The van der Waals surface area contributed by atoms with Crippen molar-refractivity contribution in [3.05, 3.63) is 21.9 Å². The van der Waals surface area contributed by atoms with Gasteiger partial charge in [0.2, 0.25) is 0 Å². The molecule has 0 fully saturated rings. The van der Waals surface area contributed by atoms with Crippen LogP contribution in [-0.2, 0) is 16.8 Å². The van der Waals surface area contributed by atoms with Crippen LogP contribution in [0.25, 0.3) is 0 Å². The van der Waals surface area contributed by atoms with E-state index in [1.54, 1.807) is 0 Å². The SMILES string of the molecule is CNC[C@]1(C)OCCc2ccsc21. The third-order valence-corrected chi connectivity index (χ3v) is 3.74. The lowest BCUT2D eigenvalue weighted by molar-refractivity contribution is -0.0404. The smallest absolute Gasteiger partial charge is 0.112 e. The molecule has 0 saturated heterocycles. The third kappa shape index (κ3) is 1.52. The maximum absolute atomic E-state index is 5.84. The quantitative estimate of drug-likeness (QED) is 0.780. The molecule has 0 aromatic carbocycles. The molecule has 2 heterocycles.